The van der Waals surface area contributed by atoms with Crippen molar-refractivity contribution in [1.29, 1.82) is 0 Å². The lowest BCUT2D eigenvalue weighted by Gasteiger charge is -2.11. The number of ether oxygens (including phenoxy) is 2. The number of rotatable bonds is 3. The van der Waals surface area contributed by atoms with E-state index in [2.05, 4.69) is 10.3 Å². The smallest absolute Gasteiger partial charge is 0.244 e. The number of imidazole rings is 1. The number of fused-ring (bicyclic) bond motifs is 2. The molecule has 0 atom stereocenters. The fraction of sp³-hybridized carbons (Fsp3) is 0.300. The minimum absolute atomic E-state index is 0.0925. The van der Waals surface area contributed by atoms with E-state index in [0.717, 1.165) is 34.3 Å². The highest BCUT2D eigenvalue weighted by Gasteiger charge is 2.15. The maximum absolute atomic E-state index is 12.5. The lowest BCUT2D eigenvalue weighted by atomic mass is 10.1. The fourth-order valence-corrected chi connectivity index (χ4v) is 3.06. The Balaban J connectivity index is 1.58. The second kappa shape index (κ2) is 6.71. The number of anilines is 1. The summed E-state index contributed by atoms with van der Waals surface area (Å²) in [6.45, 7) is 5.43. The first kappa shape index (κ1) is 16.4. The quantitative estimate of drug-likeness (QED) is 0.785. The molecule has 4 rings (SSSR count). The lowest BCUT2D eigenvalue weighted by molar-refractivity contribution is -0.116. The van der Waals surface area contributed by atoms with Crippen LogP contribution in [0.2, 0.25) is 0 Å². The Morgan fingerprint density at radius 3 is 2.73 bits per heavy atom. The summed E-state index contributed by atoms with van der Waals surface area (Å²) in [6.07, 6.45) is 2.53. The molecule has 0 aliphatic carbocycles. The molecule has 0 saturated heterocycles. The van der Waals surface area contributed by atoms with Gasteiger partial charge in [-0.1, -0.05) is 12.1 Å². The standard InChI is InChI=1S/C20H21N3O3/c1-13-4-5-14(2)15(8-13)22-20(24)11-23-12-21-16-9-18-19(10-17(16)23)26-7-3-6-25-18/h4-5,8-10,12H,3,6-7,11H2,1-2H3,(H,22,24). The molecule has 0 fully saturated rings. The van der Waals surface area contributed by atoms with E-state index in [1.165, 1.54) is 0 Å². The number of benzene rings is 2. The third-order valence-electron chi connectivity index (χ3n) is 4.47. The molecule has 1 aliphatic heterocycles. The van der Waals surface area contributed by atoms with Gasteiger partial charge in [-0.3, -0.25) is 4.79 Å². The highest BCUT2D eigenvalue weighted by molar-refractivity contribution is 5.92. The summed E-state index contributed by atoms with van der Waals surface area (Å²) in [5, 5.41) is 2.98. The summed E-state index contributed by atoms with van der Waals surface area (Å²) in [5.74, 6) is 1.32. The van der Waals surface area contributed by atoms with E-state index in [1.807, 2.05) is 48.7 Å². The zero-order valence-electron chi connectivity index (χ0n) is 14.9. The number of aromatic nitrogens is 2. The van der Waals surface area contributed by atoms with Gasteiger partial charge in [0.05, 0.1) is 30.6 Å². The van der Waals surface area contributed by atoms with Crippen LogP contribution in [0.15, 0.2) is 36.7 Å². The zero-order valence-corrected chi connectivity index (χ0v) is 14.9. The summed E-state index contributed by atoms with van der Waals surface area (Å²) in [4.78, 5) is 16.9. The van der Waals surface area contributed by atoms with Gasteiger partial charge in [-0.15, -0.1) is 0 Å². The van der Waals surface area contributed by atoms with E-state index in [1.54, 1.807) is 6.33 Å². The molecule has 6 nitrogen and oxygen atoms in total. The molecule has 26 heavy (non-hydrogen) atoms. The third-order valence-corrected chi connectivity index (χ3v) is 4.47. The Morgan fingerprint density at radius 1 is 1.15 bits per heavy atom. The van der Waals surface area contributed by atoms with E-state index in [-0.39, 0.29) is 12.5 Å². The molecule has 0 spiro atoms. The average molecular weight is 351 g/mol. The number of hydrogen-bond acceptors (Lipinski definition) is 4. The molecular weight excluding hydrogens is 330 g/mol. The molecule has 0 unspecified atom stereocenters. The van der Waals surface area contributed by atoms with Crippen LogP contribution in [0.3, 0.4) is 0 Å². The Kier molecular flexibility index (Phi) is 4.24. The molecule has 0 radical (unpaired) electrons. The molecule has 2 aromatic carbocycles. The largest absolute Gasteiger partial charge is 0.489 e. The minimum Gasteiger partial charge on any atom is -0.489 e. The summed E-state index contributed by atoms with van der Waals surface area (Å²) in [7, 11) is 0. The predicted molar refractivity (Wildman–Crippen MR) is 99.9 cm³/mol. The molecule has 1 aromatic heterocycles. The molecule has 134 valence electrons. The first-order chi connectivity index (χ1) is 12.6. The second-order valence-corrected chi connectivity index (χ2v) is 6.58. The van der Waals surface area contributed by atoms with Crippen molar-refractivity contribution in [2.75, 3.05) is 18.5 Å². The third kappa shape index (κ3) is 3.22. The Bertz CT molecular complexity index is 978. The van der Waals surface area contributed by atoms with Gasteiger partial charge in [0.1, 0.15) is 6.54 Å². The predicted octanol–water partition coefficient (Wildman–Crippen LogP) is 3.45. The van der Waals surface area contributed by atoms with E-state index < -0.39 is 0 Å². The minimum atomic E-state index is -0.0925. The Hall–Kier alpha value is -3.02. The molecule has 6 heteroatoms. The van der Waals surface area contributed by atoms with Gasteiger partial charge in [-0.25, -0.2) is 4.98 Å². The van der Waals surface area contributed by atoms with Gasteiger partial charge in [0, 0.05) is 24.2 Å². The van der Waals surface area contributed by atoms with Crippen LogP contribution in [0.25, 0.3) is 11.0 Å². The second-order valence-electron chi connectivity index (χ2n) is 6.58. The number of nitrogens with one attached hydrogen (secondary N) is 1. The number of nitrogens with zero attached hydrogens (tertiary/aromatic N) is 2. The molecule has 1 aliphatic rings. The molecule has 0 bridgehead atoms. The monoisotopic (exact) mass is 351 g/mol. The van der Waals surface area contributed by atoms with Crippen molar-refractivity contribution in [3.63, 3.8) is 0 Å². The first-order valence-electron chi connectivity index (χ1n) is 8.72. The van der Waals surface area contributed by atoms with Gasteiger partial charge in [0.2, 0.25) is 5.91 Å². The summed E-state index contributed by atoms with van der Waals surface area (Å²) >= 11 is 0. The normalized spacial score (nSPS) is 13.5. The summed E-state index contributed by atoms with van der Waals surface area (Å²) in [5.41, 5.74) is 4.62. The van der Waals surface area contributed by atoms with Gasteiger partial charge >= 0.3 is 0 Å². The van der Waals surface area contributed by atoms with Crippen LogP contribution < -0.4 is 14.8 Å². The van der Waals surface area contributed by atoms with E-state index >= 15 is 0 Å². The van der Waals surface area contributed by atoms with Gasteiger partial charge in [-0.05, 0) is 31.0 Å². The van der Waals surface area contributed by atoms with Gasteiger partial charge in [0.15, 0.2) is 11.5 Å². The maximum atomic E-state index is 12.5. The van der Waals surface area contributed by atoms with E-state index in [4.69, 9.17) is 9.47 Å². The van der Waals surface area contributed by atoms with Crippen LogP contribution in [-0.4, -0.2) is 28.7 Å². The van der Waals surface area contributed by atoms with Crippen molar-refractivity contribution >= 4 is 22.6 Å². The lowest BCUT2D eigenvalue weighted by Crippen LogP contribution is -2.18. The number of aryl methyl sites for hydroxylation is 2. The summed E-state index contributed by atoms with van der Waals surface area (Å²) in [6, 6.07) is 9.78. The van der Waals surface area contributed by atoms with Crippen LogP contribution in [0.1, 0.15) is 17.5 Å². The van der Waals surface area contributed by atoms with Gasteiger partial charge in [-0.2, -0.15) is 0 Å². The maximum Gasteiger partial charge on any atom is 0.244 e. The van der Waals surface area contributed by atoms with Gasteiger partial charge in [0.25, 0.3) is 0 Å². The first-order valence-corrected chi connectivity index (χ1v) is 8.72. The number of amides is 1. The molecular formula is C20H21N3O3. The Morgan fingerprint density at radius 2 is 1.92 bits per heavy atom. The molecule has 2 heterocycles. The molecule has 1 N–H and O–H groups in total. The highest BCUT2D eigenvalue weighted by Crippen LogP contribution is 2.33. The average Bonchev–Trinajstić information content (AvgIpc) is 2.85. The van der Waals surface area contributed by atoms with Crippen LogP contribution in [0.4, 0.5) is 5.69 Å². The van der Waals surface area contributed by atoms with Gasteiger partial charge < -0.3 is 19.4 Å². The molecule has 0 saturated carbocycles. The van der Waals surface area contributed by atoms with Crippen molar-refractivity contribution < 1.29 is 14.3 Å². The highest BCUT2D eigenvalue weighted by atomic mass is 16.5. The topological polar surface area (TPSA) is 65.4 Å². The van der Waals surface area contributed by atoms with Crippen LogP contribution >= 0.6 is 0 Å². The molecule has 3 aromatic rings. The van der Waals surface area contributed by atoms with E-state index in [0.29, 0.717) is 24.7 Å². The Labute approximate surface area is 151 Å². The van der Waals surface area contributed by atoms with Crippen LogP contribution in [-0.2, 0) is 11.3 Å². The number of hydrogen-bond donors (Lipinski definition) is 1. The number of carbonyl (C=O) groups excluding carboxylic acids is 1. The van der Waals surface area contributed by atoms with Crippen LogP contribution in [0.5, 0.6) is 11.5 Å². The van der Waals surface area contributed by atoms with Crippen molar-refractivity contribution in [3.05, 3.63) is 47.8 Å². The van der Waals surface area contributed by atoms with Crippen LogP contribution in [0, 0.1) is 13.8 Å². The summed E-state index contributed by atoms with van der Waals surface area (Å²) < 4.78 is 13.3. The van der Waals surface area contributed by atoms with Crippen molar-refractivity contribution in [3.8, 4) is 11.5 Å². The SMILES string of the molecule is Cc1ccc(C)c(NC(=O)Cn2cnc3cc4c(cc32)OCCCO4)c1. The van der Waals surface area contributed by atoms with Crippen molar-refractivity contribution in [2.45, 2.75) is 26.8 Å². The number of carbonyl (C=O) groups is 1. The van der Waals surface area contributed by atoms with Crippen molar-refractivity contribution in [1.82, 2.24) is 9.55 Å². The van der Waals surface area contributed by atoms with E-state index in [9.17, 15) is 4.79 Å². The molecule has 1 amide bonds. The fourth-order valence-electron chi connectivity index (χ4n) is 3.06. The zero-order chi connectivity index (χ0) is 18.1. The van der Waals surface area contributed by atoms with Crippen molar-refractivity contribution in [2.24, 2.45) is 0 Å².